The molecule has 0 saturated heterocycles. The number of hydrogen-bond donors (Lipinski definition) is 1. The number of aromatic nitrogens is 2. The fraction of sp³-hybridized carbons (Fsp3) is 0.583. The van der Waals surface area contributed by atoms with Gasteiger partial charge in [-0.3, -0.25) is 4.40 Å². The van der Waals surface area contributed by atoms with Gasteiger partial charge >= 0.3 is 0 Å². The Labute approximate surface area is 106 Å². The van der Waals surface area contributed by atoms with E-state index in [0.29, 0.717) is 0 Å². The van der Waals surface area contributed by atoms with Crippen molar-refractivity contribution in [2.24, 2.45) is 5.73 Å². The SMILES string of the molecule is CCN(CC)c1nc2sccn2c1CC(C)N. The predicted octanol–water partition coefficient (Wildman–Crippen LogP) is 2.13. The maximum Gasteiger partial charge on any atom is 0.195 e. The van der Waals surface area contributed by atoms with Crippen molar-refractivity contribution >= 4 is 22.1 Å². The Kier molecular flexibility index (Phi) is 3.69. The maximum absolute atomic E-state index is 5.94. The van der Waals surface area contributed by atoms with E-state index >= 15 is 0 Å². The summed E-state index contributed by atoms with van der Waals surface area (Å²) in [4.78, 5) is 8.07. The molecule has 5 heteroatoms. The van der Waals surface area contributed by atoms with Crippen molar-refractivity contribution in [1.82, 2.24) is 9.38 Å². The molecule has 0 fully saturated rings. The summed E-state index contributed by atoms with van der Waals surface area (Å²) in [5.74, 6) is 1.10. The van der Waals surface area contributed by atoms with E-state index in [2.05, 4.69) is 34.7 Å². The van der Waals surface area contributed by atoms with Gasteiger partial charge in [-0.25, -0.2) is 4.98 Å². The zero-order valence-corrected chi connectivity index (χ0v) is 11.5. The fourth-order valence-corrected chi connectivity index (χ4v) is 2.82. The largest absolute Gasteiger partial charge is 0.356 e. The molecule has 2 N–H and O–H groups in total. The fourth-order valence-electron chi connectivity index (χ4n) is 2.09. The predicted molar refractivity (Wildman–Crippen MR) is 74.0 cm³/mol. The first kappa shape index (κ1) is 12.4. The van der Waals surface area contributed by atoms with Gasteiger partial charge in [0.15, 0.2) is 10.8 Å². The number of rotatable bonds is 5. The average molecular weight is 252 g/mol. The number of thiazole rings is 1. The molecule has 0 aliphatic rings. The van der Waals surface area contributed by atoms with Crippen LogP contribution in [0.25, 0.3) is 4.96 Å². The summed E-state index contributed by atoms with van der Waals surface area (Å²) in [6.07, 6.45) is 2.95. The van der Waals surface area contributed by atoms with Crippen molar-refractivity contribution in [3.8, 4) is 0 Å². The van der Waals surface area contributed by atoms with Crippen LogP contribution in [0.2, 0.25) is 0 Å². The minimum atomic E-state index is 0.157. The second kappa shape index (κ2) is 5.06. The number of nitrogens with zero attached hydrogens (tertiary/aromatic N) is 3. The van der Waals surface area contributed by atoms with Gasteiger partial charge in [-0.05, 0) is 20.8 Å². The minimum Gasteiger partial charge on any atom is -0.356 e. The van der Waals surface area contributed by atoms with Crippen LogP contribution in [0, 0.1) is 0 Å². The molecular formula is C12H20N4S. The Morgan fingerprint density at radius 2 is 2.18 bits per heavy atom. The third-order valence-electron chi connectivity index (χ3n) is 2.92. The topological polar surface area (TPSA) is 46.6 Å². The summed E-state index contributed by atoms with van der Waals surface area (Å²) in [7, 11) is 0. The van der Waals surface area contributed by atoms with E-state index in [-0.39, 0.29) is 6.04 Å². The van der Waals surface area contributed by atoms with E-state index < -0.39 is 0 Å². The molecule has 0 aliphatic heterocycles. The van der Waals surface area contributed by atoms with Crippen LogP contribution in [0.4, 0.5) is 5.82 Å². The number of hydrogen-bond acceptors (Lipinski definition) is 4. The van der Waals surface area contributed by atoms with E-state index in [9.17, 15) is 0 Å². The van der Waals surface area contributed by atoms with Gasteiger partial charge in [0.25, 0.3) is 0 Å². The minimum absolute atomic E-state index is 0.157. The molecule has 2 aromatic rings. The summed E-state index contributed by atoms with van der Waals surface area (Å²) in [6, 6.07) is 0.157. The van der Waals surface area contributed by atoms with E-state index in [1.165, 1.54) is 5.69 Å². The highest BCUT2D eigenvalue weighted by Gasteiger charge is 2.17. The van der Waals surface area contributed by atoms with Crippen LogP contribution in [0.3, 0.4) is 0 Å². The second-order valence-corrected chi connectivity index (χ2v) is 5.16. The zero-order chi connectivity index (χ0) is 12.4. The molecule has 0 spiro atoms. The van der Waals surface area contributed by atoms with Crippen LogP contribution >= 0.6 is 11.3 Å². The highest BCUT2D eigenvalue weighted by atomic mass is 32.1. The van der Waals surface area contributed by atoms with Crippen molar-refractivity contribution in [3.63, 3.8) is 0 Å². The highest BCUT2D eigenvalue weighted by Crippen LogP contribution is 2.25. The van der Waals surface area contributed by atoms with Crippen LogP contribution in [-0.2, 0) is 6.42 Å². The van der Waals surface area contributed by atoms with Crippen LogP contribution < -0.4 is 10.6 Å². The van der Waals surface area contributed by atoms with Crippen molar-refractivity contribution in [2.75, 3.05) is 18.0 Å². The molecule has 0 bridgehead atoms. The van der Waals surface area contributed by atoms with E-state index in [1.54, 1.807) is 11.3 Å². The maximum atomic E-state index is 5.94. The lowest BCUT2D eigenvalue weighted by atomic mass is 10.2. The quantitative estimate of drug-likeness (QED) is 0.886. The van der Waals surface area contributed by atoms with Crippen LogP contribution in [-0.4, -0.2) is 28.5 Å². The first-order valence-corrected chi connectivity index (χ1v) is 7.00. The monoisotopic (exact) mass is 252 g/mol. The average Bonchev–Trinajstić information content (AvgIpc) is 2.84. The van der Waals surface area contributed by atoms with Crippen molar-refractivity contribution in [3.05, 3.63) is 17.3 Å². The number of anilines is 1. The summed E-state index contributed by atoms with van der Waals surface area (Å²) in [5, 5.41) is 2.07. The summed E-state index contributed by atoms with van der Waals surface area (Å²) < 4.78 is 2.17. The smallest absolute Gasteiger partial charge is 0.195 e. The normalized spacial score (nSPS) is 13.2. The Bertz CT molecular complexity index is 482. The molecule has 0 saturated carbocycles. The molecule has 1 unspecified atom stereocenters. The summed E-state index contributed by atoms with van der Waals surface area (Å²) in [6.45, 7) is 8.32. The molecule has 94 valence electrons. The van der Waals surface area contributed by atoms with Crippen molar-refractivity contribution in [1.29, 1.82) is 0 Å². The lowest BCUT2D eigenvalue weighted by Gasteiger charge is -2.20. The van der Waals surface area contributed by atoms with Gasteiger partial charge in [0.05, 0.1) is 5.69 Å². The second-order valence-electron chi connectivity index (χ2n) is 4.29. The van der Waals surface area contributed by atoms with Gasteiger partial charge in [0, 0.05) is 37.1 Å². The lowest BCUT2D eigenvalue weighted by Crippen LogP contribution is -2.26. The first-order valence-electron chi connectivity index (χ1n) is 6.12. The van der Waals surface area contributed by atoms with Gasteiger partial charge in [-0.15, -0.1) is 11.3 Å². The third kappa shape index (κ3) is 2.30. The third-order valence-corrected chi connectivity index (χ3v) is 3.67. The Hall–Kier alpha value is -1.07. The molecule has 0 aromatic carbocycles. The number of imidazole rings is 1. The zero-order valence-electron chi connectivity index (χ0n) is 10.7. The van der Waals surface area contributed by atoms with Gasteiger partial charge in [-0.2, -0.15) is 0 Å². The Morgan fingerprint density at radius 1 is 1.47 bits per heavy atom. The van der Waals surface area contributed by atoms with Gasteiger partial charge in [0.1, 0.15) is 0 Å². The van der Waals surface area contributed by atoms with Crippen LogP contribution in [0.5, 0.6) is 0 Å². The molecule has 2 heterocycles. The molecule has 2 aromatic heterocycles. The molecule has 0 radical (unpaired) electrons. The molecule has 2 rings (SSSR count). The number of nitrogens with two attached hydrogens (primary N) is 1. The van der Waals surface area contributed by atoms with E-state index in [1.807, 2.05) is 6.92 Å². The van der Waals surface area contributed by atoms with E-state index in [0.717, 1.165) is 30.3 Å². The summed E-state index contributed by atoms with van der Waals surface area (Å²) in [5.41, 5.74) is 7.18. The van der Waals surface area contributed by atoms with Crippen LogP contribution in [0.1, 0.15) is 26.5 Å². The standard InChI is InChI=1S/C12H20N4S/c1-4-15(5-2)11-10(8-9(3)13)16-6-7-17-12(16)14-11/h6-7,9H,4-5,8,13H2,1-3H3. The van der Waals surface area contributed by atoms with Gasteiger partial charge in [-0.1, -0.05) is 0 Å². The Morgan fingerprint density at radius 3 is 2.76 bits per heavy atom. The lowest BCUT2D eigenvalue weighted by molar-refractivity contribution is 0.711. The molecule has 0 aliphatic carbocycles. The molecule has 4 nitrogen and oxygen atoms in total. The molecule has 17 heavy (non-hydrogen) atoms. The molecule has 1 atom stereocenters. The number of fused-ring (bicyclic) bond motifs is 1. The highest BCUT2D eigenvalue weighted by molar-refractivity contribution is 7.15. The van der Waals surface area contributed by atoms with Crippen molar-refractivity contribution in [2.45, 2.75) is 33.2 Å². The first-order chi connectivity index (χ1) is 8.17. The van der Waals surface area contributed by atoms with Gasteiger partial charge in [0.2, 0.25) is 0 Å². The van der Waals surface area contributed by atoms with Crippen molar-refractivity contribution < 1.29 is 0 Å². The molecular weight excluding hydrogens is 232 g/mol. The van der Waals surface area contributed by atoms with Gasteiger partial charge < -0.3 is 10.6 Å². The Balaban J connectivity index is 2.48. The summed E-state index contributed by atoms with van der Waals surface area (Å²) >= 11 is 1.67. The van der Waals surface area contributed by atoms with E-state index in [4.69, 9.17) is 10.7 Å². The van der Waals surface area contributed by atoms with Crippen LogP contribution in [0.15, 0.2) is 11.6 Å². The molecule has 0 amide bonds.